The van der Waals surface area contributed by atoms with Crippen molar-refractivity contribution in [3.63, 3.8) is 0 Å². The van der Waals surface area contributed by atoms with E-state index in [0.29, 0.717) is 6.54 Å². The highest BCUT2D eigenvalue weighted by Crippen LogP contribution is 2.33. The second-order valence-corrected chi connectivity index (χ2v) is 7.56. The molecule has 0 aliphatic carbocycles. The summed E-state index contributed by atoms with van der Waals surface area (Å²) in [6, 6.07) is 16.9. The van der Waals surface area contributed by atoms with Gasteiger partial charge in [0.1, 0.15) is 0 Å². The first-order valence-corrected chi connectivity index (χ1v) is 9.94. The molecule has 1 unspecified atom stereocenters. The third-order valence-electron chi connectivity index (χ3n) is 4.73. The molecule has 2 nitrogen and oxygen atoms in total. The fourth-order valence-corrected chi connectivity index (χ4v) is 4.15. The van der Waals surface area contributed by atoms with Crippen molar-refractivity contribution in [1.82, 2.24) is 4.90 Å². The van der Waals surface area contributed by atoms with Crippen LogP contribution in [0.1, 0.15) is 38.4 Å². The Labute approximate surface area is 158 Å². The van der Waals surface area contributed by atoms with Gasteiger partial charge in [0.05, 0.1) is 6.10 Å². The lowest BCUT2D eigenvalue weighted by Crippen LogP contribution is -2.30. The molecule has 132 valence electrons. The van der Waals surface area contributed by atoms with Crippen LogP contribution < -0.4 is 0 Å². The maximum atomic E-state index is 10.8. The number of halogens is 1. The Morgan fingerprint density at radius 2 is 1.60 bits per heavy atom. The van der Waals surface area contributed by atoms with Crippen molar-refractivity contribution >= 4 is 37.5 Å². The third-order valence-corrected chi connectivity index (χ3v) is 5.39. The molecule has 0 aliphatic heterocycles. The SMILES string of the molecule is CCCN(CCC)CC(O)c1ccc2cc(Br)c3ccccc3c2c1. The molecule has 3 aromatic carbocycles. The van der Waals surface area contributed by atoms with Crippen LogP contribution in [-0.4, -0.2) is 29.6 Å². The van der Waals surface area contributed by atoms with Gasteiger partial charge in [-0.05, 0) is 65.2 Å². The topological polar surface area (TPSA) is 23.5 Å². The van der Waals surface area contributed by atoms with Crippen LogP contribution in [-0.2, 0) is 0 Å². The van der Waals surface area contributed by atoms with Gasteiger partial charge in [0, 0.05) is 11.0 Å². The predicted octanol–water partition coefficient (Wildman–Crippen LogP) is 5.91. The van der Waals surface area contributed by atoms with E-state index in [1.54, 1.807) is 0 Å². The molecule has 0 spiro atoms. The molecule has 0 heterocycles. The summed E-state index contributed by atoms with van der Waals surface area (Å²) in [5.41, 5.74) is 0.997. The maximum absolute atomic E-state index is 10.8. The summed E-state index contributed by atoms with van der Waals surface area (Å²) in [6.45, 7) is 7.15. The molecule has 25 heavy (non-hydrogen) atoms. The summed E-state index contributed by atoms with van der Waals surface area (Å²) in [6.07, 6.45) is 1.77. The predicted molar refractivity (Wildman–Crippen MR) is 111 cm³/mol. The minimum Gasteiger partial charge on any atom is -0.387 e. The Kier molecular flexibility index (Phi) is 6.10. The van der Waals surface area contributed by atoms with Crippen molar-refractivity contribution in [2.45, 2.75) is 32.8 Å². The van der Waals surface area contributed by atoms with Gasteiger partial charge in [-0.15, -0.1) is 0 Å². The number of rotatable bonds is 7. The molecule has 0 aromatic heterocycles. The molecule has 1 N–H and O–H groups in total. The summed E-state index contributed by atoms with van der Waals surface area (Å²) in [5, 5.41) is 15.6. The zero-order valence-corrected chi connectivity index (χ0v) is 16.6. The summed E-state index contributed by atoms with van der Waals surface area (Å²) in [4.78, 5) is 2.36. The molecule has 0 saturated carbocycles. The Hall–Kier alpha value is -1.42. The Bertz CT molecular complexity index is 855. The standard InChI is InChI=1S/C22H26BrNO/c1-3-11-24(12-4-2)15-22(25)17-10-9-16-14-21(23)19-8-6-5-7-18(19)20(16)13-17/h5-10,13-14,22,25H,3-4,11-12,15H2,1-2H3. The Balaban J connectivity index is 1.97. The van der Waals surface area contributed by atoms with Crippen molar-refractivity contribution in [2.75, 3.05) is 19.6 Å². The van der Waals surface area contributed by atoms with Gasteiger partial charge in [0.25, 0.3) is 0 Å². The summed E-state index contributed by atoms with van der Waals surface area (Å²) in [7, 11) is 0. The van der Waals surface area contributed by atoms with Crippen molar-refractivity contribution in [2.24, 2.45) is 0 Å². The van der Waals surface area contributed by atoms with E-state index in [-0.39, 0.29) is 0 Å². The number of aliphatic hydroxyl groups is 1. The lowest BCUT2D eigenvalue weighted by molar-refractivity contribution is 0.113. The Morgan fingerprint density at radius 1 is 0.920 bits per heavy atom. The normalized spacial score (nSPS) is 13.0. The van der Waals surface area contributed by atoms with Crippen LogP contribution >= 0.6 is 15.9 Å². The highest BCUT2D eigenvalue weighted by molar-refractivity contribution is 9.10. The van der Waals surface area contributed by atoms with E-state index >= 15 is 0 Å². The first-order valence-electron chi connectivity index (χ1n) is 9.15. The molecule has 0 saturated heterocycles. The van der Waals surface area contributed by atoms with Crippen LogP contribution in [0.3, 0.4) is 0 Å². The molecule has 3 aromatic rings. The van der Waals surface area contributed by atoms with Gasteiger partial charge in [0.2, 0.25) is 0 Å². The second kappa shape index (κ2) is 8.31. The quantitative estimate of drug-likeness (QED) is 0.499. The molecule has 3 heteroatoms. The first-order chi connectivity index (χ1) is 12.1. The van der Waals surface area contributed by atoms with Gasteiger partial charge >= 0.3 is 0 Å². The molecule has 0 fully saturated rings. The van der Waals surface area contributed by atoms with Gasteiger partial charge < -0.3 is 10.0 Å². The fourth-order valence-electron chi connectivity index (χ4n) is 3.56. The van der Waals surface area contributed by atoms with E-state index in [1.165, 1.54) is 21.5 Å². The van der Waals surface area contributed by atoms with Crippen LogP contribution in [0.5, 0.6) is 0 Å². The average Bonchev–Trinajstić information content (AvgIpc) is 2.62. The largest absolute Gasteiger partial charge is 0.387 e. The van der Waals surface area contributed by atoms with E-state index in [2.05, 4.69) is 83.2 Å². The van der Waals surface area contributed by atoms with Gasteiger partial charge in [-0.25, -0.2) is 0 Å². The van der Waals surface area contributed by atoms with Crippen LogP contribution in [0.15, 0.2) is 53.0 Å². The highest BCUT2D eigenvalue weighted by atomic mass is 79.9. The van der Waals surface area contributed by atoms with E-state index in [4.69, 9.17) is 0 Å². The zero-order chi connectivity index (χ0) is 17.8. The molecule has 0 radical (unpaired) electrons. The summed E-state index contributed by atoms with van der Waals surface area (Å²) >= 11 is 3.68. The van der Waals surface area contributed by atoms with Gasteiger partial charge in [-0.3, -0.25) is 0 Å². The van der Waals surface area contributed by atoms with Crippen molar-refractivity contribution in [3.05, 3.63) is 58.6 Å². The van der Waals surface area contributed by atoms with Crippen LogP contribution in [0, 0.1) is 0 Å². The Morgan fingerprint density at radius 3 is 2.28 bits per heavy atom. The van der Waals surface area contributed by atoms with E-state index < -0.39 is 6.10 Å². The molecule has 0 bridgehead atoms. The van der Waals surface area contributed by atoms with E-state index in [0.717, 1.165) is 36.0 Å². The van der Waals surface area contributed by atoms with Crippen LogP contribution in [0.2, 0.25) is 0 Å². The summed E-state index contributed by atoms with van der Waals surface area (Å²) in [5.74, 6) is 0. The number of nitrogens with zero attached hydrogens (tertiary/aromatic N) is 1. The number of fused-ring (bicyclic) bond motifs is 3. The second-order valence-electron chi connectivity index (χ2n) is 6.70. The summed E-state index contributed by atoms with van der Waals surface area (Å²) < 4.78 is 1.11. The minimum absolute atomic E-state index is 0.454. The number of aliphatic hydroxyl groups excluding tert-OH is 1. The zero-order valence-electron chi connectivity index (χ0n) is 15.0. The maximum Gasteiger partial charge on any atom is 0.0917 e. The number of benzene rings is 3. The lowest BCUT2D eigenvalue weighted by atomic mass is 9.98. The van der Waals surface area contributed by atoms with E-state index in [9.17, 15) is 5.11 Å². The van der Waals surface area contributed by atoms with Crippen LogP contribution in [0.25, 0.3) is 21.5 Å². The average molecular weight is 400 g/mol. The first kappa shape index (κ1) is 18.4. The number of hydrogen-bond donors (Lipinski definition) is 1. The fraction of sp³-hybridized carbons (Fsp3) is 0.364. The molecule has 0 aliphatic rings. The highest BCUT2D eigenvalue weighted by Gasteiger charge is 2.14. The molecular weight excluding hydrogens is 374 g/mol. The van der Waals surface area contributed by atoms with Crippen molar-refractivity contribution in [3.8, 4) is 0 Å². The van der Waals surface area contributed by atoms with Crippen LogP contribution in [0.4, 0.5) is 0 Å². The van der Waals surface area contributed by atoms with Gasteiger partial charge in [-0.1, -0.05) is 66.2 Å². The molecule has 0 amide bonds. The lowest BCUT2D eigenvalue weighted by Gasteiger charge is -2.24. The molecule has 3 rings (SSSR count). The number of hydrogen-bond acceptors (Lipinski definition) is 2. The molecule has 1 atom stereocenters. The minimum atomic E-state index is -0.454. The van der Waals surface area contributed by atoms with Gasteiger partial charge in [-0.2, -0.15) is 0 Å². The van der Waals surface area contributed by atoms with Gasteiger partial charge in [0.15, 0.2) is 0 Å². The van der Waals surface area contributed by atoms with Crippen molar-refractivity contribution < 1.29 is 5.11 Å². The molecular formula is C22H26BrNO. The third kappa shape index (κ3) is 4.05. The van der Waals surface area contributed by atoms with E-state index in [1.807, 2.05) is 0 Å². The monoisotopic (exact) mass is 399 g/mol. The smallest absolute Gasteiger partial charge is 0.0917 e. The van der Waals surface area contributed by atoms with Crippen molar-refractivity contribution in [1.29, 1.82) is 0 Å².